The third-order valence-electron chi connectivity index (χ3n) is 3.48. The maximum Gasteiger partial charge on any atom is 0.270 e. The van der Waals surface area contributed by atoms with Crippen LogP contribution in [-0.4, -0.2) is 16.3 Å². The van der Waals surface area contributed by atoms with E-state index in [0.29, 0.717) is 19.9 Å². The lowest BCUT2D eigenvalue weighted by Gasteiger charge is -2.14. The summed E-state index contributed by atoms with van der Waals surface area (Å²) in [5.74, 6) is 0.615. The average Bonchev–Trinajstić information content (AvgIpc) is 2.83. The Labute approximate surface area is 175 Å². The minimum atomic E-state index is -0.152. The van der Waals surface area contributed by atoms with Gasteiger partial charge in [0.05, 0.1) is 21.2 Å². The number of carbonyl (C=O) groups excluding carboxylic acids is 1. The predicted octanol–water partition coefficient (Wildman–Crippen LogP) is 6.30. The minimum Gasteiger partial charge on any atom is -0.490 e. The van der Waals surface area contributed by atoms with Gasteiger partial charge in [-0.25, -0.2) is 0 Å². The summed E-state index contributed by atoms with van der Waals surface area (Å²) in [7, 11) is 0. The molecule has 7 heteroatoms. The van der Waals surface area contributed by atoms with Crippen molar-refractivity contribution in [2.24, 2.45) is 0 Å². The zero-order valence-corrected chi connectivity index (χ0v) is 18.0. The first-order valence-corrected chi connectivity index (χ1v) is 10.2. The Kier molecular flexibility index (Phi) is 6.07. The maximum absolute atomic E-state index is 12.8. The molecule has 0 radical (unpaired) electrons. The van der Waals surface area contributed by atoms with Crippen molar-refractivity contribution >= 4 is 73.5 Å². The second kappa shape index (κ2) is 8.13. The fourth-order valence-corrected chi connectivity index (χ4v) is 4.39. The normalized spacial score (nSPS) is 16.0. The molecule has 0 N–H and O–H groups in total. The Morgan fingerprint density at radius 3 is 2.69 bits per heavy atom. The molecule has 3 rings (SSSR count). The molecule has 1 amide bonds. The summed E-state index contributed by atoms with van der Waals surface area (Å²) in [5, 5.41) is 0.560. The van der Waals surface area contributed by atoms with Gasteiger partial charge in [0.1, 0.15) is 5.75 Å². The van der Waals surface area contributed by atoms with Gasteiger partial charge < -0.3 is 4.74 Å². The molecule has 0 unspecified atom stereocenters. The van der Waals surface area contributed by atoms with Crippen LogP contribution >= 0.6 is 51.5 Å². The molecule has 26 heavy (non-hydrogen) atoms. The number of anilines is 1. The van der Waals surface area contributed by atoms with Crippen molar-refractivity contribution in [1.29, 1.82) is 0 Å². The quantitative estimate of drug-likeness (QED) is 0.389. The Bertz CT molecular complexity index is 914. The number of thioether (sulfide) groups is 1. The van der Waals surface area contributed by atoms with Gasteiger partial charge in [0.15, 0.2) is 4.32 Å². The summed E-state index contributed by atoms with van der Waals surface area (Å²) >= 11 is 16.2. The topological polar surface area (TPSA) is 29.5 Å². The molecule has 0 aliphatic carbocycles. The molecule has 3 nitrogen and oxygen atoms in total. The number of amides is 1. The van der Waals surface area contributed by atoms with Crippen molar-refractivity contribution in [3.63, 3.8) is 0 Å². The number of hydrogen-bond acceptors (Lipinski definition) is 4. The van der Waals surface area contributed by atoms with Crippen LogP contribution in [0.4, 0.5) is 5.69 Å². The lowest BCUT2D eigenvalue weighted by Crippen LogP contribution is -2.27. The van der Waals surface area contributed by atoms with E-state index in [-0.39, 0.29) is 12.0 Å². The number of nitrogens with zero attached hydrogens (tertiary/aromatic N) is 1. The molecule has 2 aromatic carbocycles. The van der Waals surface area contributed by atoms with E-state index in [0.717, 1.165) is 15.8 Å². The summed E-state index contributed by atoms with van der Waals surface area (Å²) < 4.78 is 7.04. The van der Waals surface area contributed by atoms with Gasteiger partial charge >= 0.3 is 0 Å². The summed E-state index contributed by atoms with van der Waals surface area (Å²) in [6, 6.07) is 12.8. The van der Waals surface area contributed by atoms with Crippen LogP contribution in [0.15, 0.2) is 51.8 Å². The van der Waals surface area contributed by atoms with Crippen LogP contribution in [0.25, 0.3) is 6.08 Å². The van der Waals surface area contributed by atoms with E-state index in [1.165, 1.54) is 16.7 Å². The van der Waals surface area contributed by atoms with Crippen molar-refractivity contribution in [3.8, 4) is 5.75 Å². The number of carbonyl (C=O) groups is 1. The van der Waals surface area contributed by atoms with E-state index in [1.54, 1.807) is 18.2 Å². The molecule has 1 heterocycles. The van der Waals surface area contributed by atoms with E-state index in [9.17, 15) is 4.79 Å². The molecule has 1 aliphatic heterocycles. The largest absolute Gasteiger partial charge is 0.490 e. The summed E-state index contributed by atoms with van der Waals surface area (Å²) in [6.45, 7) is 3.95. The van der Waals surface area contributed by atoms with Crippen LogP contribution in [0.2, 0.25) is 5.02 Å². The molecule has 0 aromatic heterocycles. The number of thiocarbonyl (C=S) groups is 1. The summed E-state index contributed by atoms with van der Waals surface area (Å²) in [4.78, 5) is 14.9. The van der Waals surface area contributed by atoms with Crippen LogP contribution in [0.3, 0.4) is 0 Å². The molecule has 1 aliphatic rings. The molecule has 0 atom stereocenters. The van der Waals surface area contributed by atoms with E-state index < -0.39 is 0 Å². The van der Waals surface area contributed by atoms with Gasteiger partial charge in [-0.1, -0.05) is 47.7 Å². The minimum absolute atomic E-state index is 0.0890. The van der Waals surface area contributed by atoms with E-state index in [2.05, 4.69) is 15.9 Å². The highest BCUT2D eigenvalue weighted by atomic mass is 79.9. The van der Waals surface area contributed by atoms with E-state index >= 15 is 0 Å². The first-order valence-electron chi connectivity index (χ1n) is 7.85. The first-order chi connectivity index (χ1) is 12.3. The monoisotopic (exact) mass is 467 g/mol. The first kappa shape index (κ1) is 19.4. The molecule has 134 valence electrons. The number of halogens is 2. The summed E-state index contributed by atoms with van der Waals surface area (Å²) in [5.41, 5.74) is 1.56. The van der Waals surface area contributed by atoms with Crippen molar-refractivity contribution < 1.29 is 9.53 Å². The van der Waals surface area contributed by atoms with Gasteiger partial charge in [0.25, 0.3) is 5.91 Å². The Balaban J connectivity index is 1.87. The van der Waals surface area contributed by atoms with Crippen LogP contribution in [-0.2, 0) is 4.79 Å². The molecule has 2 aromatic rings. The van der Waals surface area contributed by atoms with Gasteiger partial charge in [-0.3, -0.25) is 9.69 Å². The van der Waals surface area contributed by atoms with Gasteiger partial charge in [0, 0.05) is 5.02 Å². The van der Waals surface area contributed by atoms with E-state index in [1.807, 2.05) is 44.2 Å². The standard InChI is InChI=1S/C19H15BrClNO2S2/c1-11(2)24-16-7-6-12(8-15(16)20)9-17-18(23)22(19(25)26-17)14-5-3-4-13(21)10-14/h3-11H,1-2H3/b17-9+. The molecule has 1 saturated heterocycles. The van der Waals surface area contributed by atoms with Crippen molar-refractivity contribution in [1.82, 2.24) is 0 Å². The number of benzene rings is 2. The van der Waals surface area contributed by atoms with Crippen molar-refractivity contribution in [2.75, 3.05) is 4.90 Å². The molecular weight excluding hydrogens is 454 g/mol. The number of hydrogen-bond donors (Lipinski definition) is 0. The highest BCUT2D eigenvalue weighted by molar-refractivity contribution is 9.10. The fraction of sp³-hybridized carbons (Fsp3) is 0.158. The van der Waals surface area contributed by atoms with Gasteiger partial charge in [-0.2, -0.15) is 0 Å². The maximum atomic E-state index is 12.8. The summed E-state index contributed by atoms with van der Waals surface area (Å²) in [6.07, 6.45) is 1.92. The third kappa shape index (κ3) is 4.31. The second-order valence-electron chi connectivity index (χ2n) is 5.85. The smallest absolute Gasteiger partial charge is 0.270 e. The van der Waals surface area contributed by atoms with Gasteiger partial charge in [-0.05, 0) is 71.7 Å². The van der Waals surface area contributed by atoms with Gasteiger partial charge in [0.2, 0.25) is 0 Å². The van der Waals surface area contributed by atoms with Crippen molar-refractivity contribution in [2.45, 2.75) is 20.0 Å². The Morgan fingerprint density at radius 2 is 2.04 bits per heavy atom. The third-order valence-corrected chi connectivity index (χ3v) is 5.63. The lowest BCUT2D eigenvalue weighted by atomic mass is 10.2. The highest BCUT2D eigenvalue weighted by Gasteiger charge is 2.33. The predicted molar refractivity (Wildman–Crippen MR) is 117 cm³/mol. The zero-order valence-electron chi connectivity index (χ0n) is 14.0. The van der Waals surface area contributed by atoms with Crippen LogP contribution in [0, 0.1) is 0 Å². The average molecular weight is 469 g/mol. The van der Waals surface area contributed by atoms with Crippen LogP contribution in [0.1, 0.15) is 19.4 Å². The molecule has 1 fully saturated rings. The van der Waals surface area contributed by atoms with Gasteiger partial charge in [-0.15, -0.1) is 0 Å². The molecule has 0 bridgehead atoms. The lowest BCUT2D eigenvalue weighted by molar-refractivity contribution is -0.113. The Morgan fingerprint density at radius 1 is 1.27 bits per heavy atom. The number of ether oxygens (including phenoxy) is 1. The SMILES string of the molecule is CC(C)Oc1ccc(/C=C2/SC(=S)N(c3cccc(Cl)c3)C2=O)cc1Br. The Hall–Kier alpha value is -1.34. The van der Waals surface area contributed by atoms with Crippen LogP contribution in [0.5, 0.6) is 5.75 Å². The molecule has 0 saturated carbocycles. The highest BCUT2D eigenvalue weighted by Crippen LogP contribution is 2.37. The zero-order chi connectivity index (χ0) is 18.8. The molecular formula is C19H15BrClNO2S2. The van der Waals surface area contributed by atoms with Crippen LogP contribution < -0.4 is 9.64 Å². The molecule has 0 spiro atoms. The number of rotatable bonds is 4. The van der Waals surface area contributed by atoms with Crippen molar-refractivity contribution in [3.05, 3.63) is 62.4 Å². The second-order valence-corrected chi connectivity index (χ2v) is 8.82. The fourth-order valence-electron chi connectivity index (χ4n) is 2.41. The van der Waals surface area contributed by atoms with E-state index in [4.69, 9.17) is 28.6 Å².